The standard InChI is InChI=1S/C12H19BrN2O2S/c1-8(2)4-5-15-18(16,17)12-7-11(14)10(13)6-9(12)3/h6-8,15H,4-5,14H2,1-3H3. The van der Waals surface area contributed by atoms with Gasteiger partial charge in [0, 0.05) is 16.7 Å². The van der Waals surface area contributed by atoms with Crippen molar-refractivity contribution in [2.24, 2.45) is 5.92 Å². The topological polar surface area (TPSA) is 72.2 Å². The molecule has 6 heteroatoms. The van der Waals surface area contributed by atoms with Gasteiger partial charge in [-0.25, -0.2) is 13.1 Å². The van der Waals surface area contributed by atoms with E-state index in [1.54, 1.807) is 13.0 Å². The lowest BCUT2D eigenvalue weighted by Crippen LogP contribution is -2.26. The molecule has 0 atom stereocenters. The number of hydrogen-bond acceptors (Lipinski definition) is 3. The summed E-state index contributed by atoms with van der Waals surface area (Å²) in [5.41, 5.74) is 6.82. The molecular formula is C12H19BrN2O2S. The molecule has 0 radical (unpaired) electrons. The Morgan fingerprint density at radius 3 is 2.56 bits per heavy atom. The van der Waals surface area contributed by atoms with E-state index < -0.39 is 10.0 Å². The molecule has 3 N–H and O–H groups in total. The van der Waals surface area contributed by atoms with Crippen LogP contribution in [0.2, 0.25) is 0 Å². The Morgan fingerprint density at radius 2 is 2.00 bits per heavy atom. The van der Waals surface area contributed by atoms with Crippen LogP contribution in [0.4, 0.5) is 5.69 Å². The molecule has 0 unspecified atom stereocenters. The third kappa shape index (κ3) is 3.96. The van der Waals surface area contributed by atoms with Gasteiger partial charge in [-0.05, 0) is 52.9 Å². The Balaban J connectivity index is 2.95. The van der Waals surface area contributed by atoms with Crippen molar-refractivity contribution in [2.45, 2.75) is 32.1 Å². The molecule has 0 amide bonds. The predicted octanol–water partition coefficient (Wildman–Crippen LogP) is 2.66. The quantitative estimate of drug-likeness (QED) is 0.813. The largest absolute Gasteiger partial charge is 0.398 e. The van der Waals surface area contributed by atoms with E-state index in [4.69, 9.17) is 5.73 Å². The molecule has 102 valence electrons. The minimum atomic E-state index is -3.48. The molecule has 0 saturated heterocycles. The van der Waals surface area contributed by atoms with Crippen molar-refractivity contribution < 1.29 is 8.42 Å². The number of nitrogen functional groups attached to an aromatic ring is 1. The summed E-state index contributed by atoms with van der Waals surface area (Å²) in [7, 11) is -3.48. The van der Waals surface area contributed by atoms with Crippen LogP contribution in [0, 0.1) is 12.8 Å². The maximum Gasteiger partial charge on any atom is 0.240 e. The summed E-state index contributed by atoms with van der Waals surface area (Å²) < 4.78 is 27.5. The van der Waals surface area contributed by atoms with Gasteiger partial charge in [-0.3, -0.25) is 0 Å². The van der Waals surface area contributed by atoms with Gasteiger partial charge in [-0.15, -0.1) is 0 Å². The van der Waals surface area contributed by atoms with Crippen molar-refractivity contribution in [3.8, 4) is 0 Å². The number of nitrogens with two attached hydrogens (primary N) is 1. The SMILES string of the molecule is Cc1cc(Br)c(N)cc1S(=O)(=O)NCCC(C)C. The second-order valence-electron chi connectivity index (χ2n) is 4.72. The molecule has 0 aliphatic heterocycles. The van der Waals surface area contributed by atoms with Gasteiger partial charge in [0.15, 0.2) is 0 Å². The van der Waals surface area contributed by atoms with Gasteiger partial charge >= 0.3 is 0 Å². The number of sulfonamides is 1. The Kier molecular flexibility index (Phi) is 5.19. The van der Waals surface area contributed by atoms with Crippen LogP contribution in [0.25, 0.3) is 0 Å². The normalized spacial score (nSPS) is 12.1. The lowest BCUT2D eigenvalue weighted by Gasteiger charge is -2.12. The van der Waals surface area contributed by atoms with E-state index in [1.165, 1.54) is 6.07 Å². The summed E-state index contributed by atoms with van der Waals surface area (Å²) in [5.74, 6) is 0.462. The second kappa shape index (κ2) is 6.04. The maximum absolute atomic E-state index is 12.1. The van der Waals surface area contributed by atoms with Crippen LogP contribution in [-0.4, -0.2) is 15.0 Å². The first-order valence-electron chi connectivity index (χ1n) is 5.79. The summed E-state index contributed by atoms with van der Waals surface area (Å²) >= 11 is 3.28. The Bertz CT molecular complexity index is 527. The maximum atomic E-state index is 12.1. The summed E-state index contributed by atoms with van der Waals surface area (Å²) in [4.78, 5) is 0.243. The fourth-order valence-electron chi connectivity index (χ4n) is 1.52. The molecule has 0 bridgehead atoms. The van der Waals surface area contributed by atoms with Gasteiger partial charge in [0.25, 0.3) is 0 Å². The van der Waals surface area contributed by atoms with Gasteiger partial charge in [-0.1, -0.05) is 13.8 Å². The van der Waals surface area contributed by atoms with E-state index in [2.05, 4.69) is 34.5 Å². The molecule has 0 spiro atoms. The third-order valence-electron chi connectivity index (χ3n) is 2.60. The van der Waals surface area contributed by atoms with E-state index >= 15 is 0 Å². The lowest BCUT2D eigenvalue weighted by molar-refractivity contribution is 0.551. The molecule has 4 nitrogen and oxygen atoms in total. The molecule has 0 aromatic heterocycles. The average Bonchev–Trinajstić information content (AvgIpc) is 2.22. The molecule has 0 heterocycles. The average molecular weight is 335 g/mol. The van der Waals surface area contributed by atoms with Crippen molar-refractivity contribution in [2.75, 3.05) is 12.3 Å². The highest BCUT2D eigenvalue weighted by Gasteiger charge is 2.17. The minimum Gasteiger partial charge on any atom is -0.398 e. The van der Waals surface area contributed by atoms with Crippen LogP contribution in [0.1, 0.15) is 25.8 Å². The number of halogens is 1. The molecular weight excluding hydrogens is 316 g/mol. The summed E-state index contributed by atoms with van der Waals surface area (Å²) in [5, 5.41) is 0. The minimum absolute atomic E-state index is 0.243. The molecule has 1 aromatic rings. The zero-order chi connectivity index (χ0) is 13.9. The summed E-state index contributed by atoms with van der Waals surface area (Å²) in [6.07, 6.45) is 0.810. The first kappa shape index (κ1) is 15.5. The number of nitrogens with one attached hydrogen (secondary N) is 1. The molecule has 0 aliphatic rings. The number of aryl methyl sites for hydroxylation is 1. The fourth-order valence-corrected chi connectivity index (χ4v) is 3.28. The van der Waals surface area contributed by atoms with Gasteiger partial charge in [0.2, 0.25) is 10.0 Å². The van der Waals surface area contributed by atoms with E-state index in [9.17, 15) is 8.42 Å². The number of benzene rings is 1. The van der Waals surface area contributed by atoms with Gasteiger partial charge in [0.05, 0.1) is 4.90 Å². The van der Waals surface area contributed by atoms with E-state index in [1.807, 2.05) is 0 Å². The van der Waals surface area contributed by atoms with Crippen LogP contribution in [0.15, 0.2) is 21.5 Å². The van der Waals surface area contributed by atoms with E-state index in [0.717, 1.165) is 6.42 Å². The van der Waals surface area contributed by atoms with E-state index in [0.29, 0.717) is 28.2 Å². The Labute approximate surface area is 117 Å². The smallest absolute Gasteiger partial charge is 0.240 e. The van der Waals surface area contributed by atoms with Gasteiger partial charge in [-0.2, -0.15) is 0 Å². The van der Waals surface area contributed by atoms with Crippen molar-refractivity contribution in [1.82, 2.24) is 4.72 Å². The molecule has 18 heavy (non-hydrogen) atoms. The van der Waals surface area contributed by atoms with Crippen molar-refractivity contribution in [3.63, 3.8) is 0 Å². The fraction of sp³-hybridized carbons (Fsp3) is 0.500. The highest BCUT2D eigenvalue weighted by Crippen LogP contribution is 2.26. The Morgan fingerprint density at radius 1 is 1.39 bits per heavy atom. The molecule has 0 saturated carbocycles. The van der Waals surface area contributed by atoms with Crippen LogP contribution in [0.5, 0.6) is 0 Å². The lowest BCUT2D eigenvalue weighted by atomic mass is 10.1. The summed E-state index contributed by atoms with van der Waals surface area (Å²) in [6, 6.07) is 3.20. The predicted molar refractivity (Wildman–Crippen MR) is 77.9 cm³/mol. The van der Waals surface area contributed by atoms with E-state index in [-0.39, 0.29) is 4.90 Å². The molecule has 0 fully saturated rings. The van der Waals surface area contributed by atoms with Gasteiger partial charge < -0.3 is 5.73 Å². The van der Waals surface area contributed by atoms with Gasteiger partial charge in [0.1, 0.15) is 0 Å². The first-order chi connectivity index (χ1) is 8.24. The van der Waals surface area contributed by atoms with Crippen LogP contribution in [-0.2, 0) is 10.0 Å². The zero-order valence-corrected chi connectivity index (χ0v) is 13.2. The molecule has 0 aliphatic carbocycles. The summed E-state index contributed by atoms with van der Waals surface area (Å²) in [6.45, 7) is 6.30. The number of anilines is 1. The molecule has 1 aromatic carbocycles. The van der Waals surface area contributed by atoms with Crippen molar-refractivity contribution >= 4 is 31.6 Å². The van der Waals surface area contributed by atoms with Crippen LogP contribution < -0.4 is 10.5 Å². The van der Waals surface area contributed by atoms with Crippen LogP contribution >= 0.6 is 15.9 Å². The van der Waals surface area contributed by atoms with Crippen LogP contribution in [0.3, 0.4) is 0 Å². The third-order valence-corrected chi connectivity index (χ3v) is 4.89. The highest BCUT2D eigenvalue weighted by molar-refractivity contribution is 9.10. The van der Waals surface area contributed by atoms with Crippen molar-refractivity contribution in [3.05, 3.63) is 22.2 Å². The van der Waals surface area contributed by atoms with Crippen molar-refractivity contribution in [1.29, 1.82) is 0 Å². The Hall–Kier alpha value is -0.590. The highest BCUT2D eigenvalue weighted by atomic mass is 79.9. The first-order valence-corrected chi connectivity index (χ1v) is 8.07. The second-order valence-corrected chi connectivity index (χ2v) is 7.31. The number of hydrogen-bond donors (Lipinski definition) is 2. The number of rotatable bonds is 5. The molecule has 1 rings (SSSR count). The monoisotopic (exact) mass is 334 g/mol. The zero-order valence-electron chi connectivity index (χ0n) is 10.8.